The van der Waals surface area contributed by atoms with Crippen LogP contribution in [0.3, 0.4) is 0 Å². The third-order valence-corrected chi connectivity index (χ3v) is 5.77. The Balaban J connectivity index is 1.91. The first kappa shape index (κ1) is 20.2. The molecule has 4 rings (SSSR count). The highest BCUT2D eigenvalue weighted by atomic mass is 16.3. The van der Waals surface area contributed by atoms with Gasteiger partial charge in [0.05, 0.1) is 17.0 Å². The minimum Gasteiger partial charge on any atom is -0.508 e. The van der Waals surface area contributed by atoms with Crippen LogP contribution in [0.5, 0.6) is 5.75 Å². The van der Waals surface area contributed by atoms with Crippen LogP contribution in [-0.2, 0) is 0 Å². The normalized spacial score (nSPS) is 16.0. The molecule has 156 valence electrons. The summed E-state index contributed by atoms with van der Waals surface area (Å²) in [6.45, 7) is 5.20. The van der Waals surface area contributed by atoms with E-state index in [-0.39, 0.29) is 22.8 Å². The van der Waals surface area contributed by atoms with Crippen molar-refractivity contribution in [3.8, 4) is 5.75 Å². The molecule has 0 spiro atoms. The van der Waals surface area contributed by atoms with Gasteiger partial charge in [0.15, 0.2) is 5.43 Å². The fraction of sp³-hybridized carbons (Fsp3) is 0.333. The number of carbonyl (C=O) groups is 1. The van der Waals surface area contributed by atoms with Gasteiger partial charge in [-0.2, -0.15) is 0 Å². The largest absolute Gasteiger partial charge is 0.508 e. The maximum absolute atomic E-state index is 13.5. The molecule has 1 aliphatic rings. The maximum Gasteiger partial charge on any atom is 0.290 e. The van der Waals surface area contributed by atoms with Crippen molar-refractivity contribution in [1.29, 1.82) is 0 Å². The number of carbonyl (C=O) groups excluding carboxylic acids is 1. The van der Waals surface area contributed by atoms with E-state index in [4.69, 9.17) is 4.42 Å². The zero-order valence-electron chi connectivity index (χ0n) is 17.7. The summed E-state index contributed by atoms with van der Waals surface area (Å²) >= 11 is 0. The summed E-state index contributed by atoms with van der Waals surface area (Å²) in [5.41, 5.74) is 3.29. The van der Waals surface area contributed by atoms with E-state index in [1.165, 1.54) is 0 Å². The number of aromatic hydroxyl groups is 1. The molecule has 2 heterocycles. The second kappa shape index (κ2) is 7.61. The van der Waals surface area contributed by atoms with E-state index in [1.54, 1.807) is 23.1 Å². The monoisotopic (exact) mass is 406 g/mol. The quantitative estimate of drug-likeness (QED) is 0.701. The lowest BCUT2D eigenvalue weighted by Gasteiger charge is -2.25. The molecule has 6 nitrogen and oxygen atoms in total. The molecule has 0 saturated heterocycles. The summed E-state index contributed by atoms with van der Waals surface area (Å²) in [7, 11) is 3.96. The molecular weight excluding hydrogens is 380 g/mol. The van der Waals surface area contributed by atoms with Gasteiger partial charge >= 0.3 is 0 Å². The minimum absolute atomic E-state index is 0.0956. The Labute approximate surface area is 175 Å². The summed E-state index contributed by atoms with van der Waals surface area (Å²) in [4.78, 5) is 30.6. The molecule has 0 bridgehead atoms. The molecule has 0 aliphatic carbocycles. The minimum atomic E-state index is -0.580. The number of hydrogen-bond donors (Lipinski definition) is 1. The fourth-order valence-electron chi connectivity index (χ4n) is 4.10. The van der Waals surface area contributed by atoms with Gasteiger partial charge in [0.2, 0.25) is 5.76 Å². The first-order chi connectivity index (χ1) is 14.3. The zero-order chi connectivity index (χ0) is 21.6. The smallest absolute Gasteiger partial charge is 0.290 e. The molecule has 3 aromatic rings. The fourth-order valence-corrected chi connectivity index (χ4v) is 4.10. The van der Waals surface area contributed by atoms with E-state index in [0.717, 1.165) is 24.1 Å². The number of phenolic OH excluding ortho intramolecular Hbond substituents is 1. The number of fused-ring (bicyclic) bond motifs is 2. The Kier molecular flexibility index (Phi) is 5.12. The van der Waals surface area contributed by atoms with Gasteiger partial charge in [-0.15, -0.1) is 0 Å². The van der Waals surface area contributed by atoms with Crippen LogP contribution in [0.15, 0.2) is 45.6 Å². The third-order valence-electron chi connectivity index (χ3n) is 5.77. The standard InChI is InChI=1S/C24H26N2O4/c1-14-11-18-19(12-15(14)2)30-23-20(22(18)28)21(16-7-5-8-17(27)13-16)26(24(23)29)10-6-9-25(3)4/h5,7-8,11-13,21,27H,6,9-10H2,1-4H3. The summed E-state index contributed by atoms with van der Waals surface area (Å²) in [5, 5.41) is 10.5. The van der Waals surface area contributed by atoms with Gasteiger partial charge in [-0.05, 0) is 81.9 Å². The van der Waals surface area contributed by atoms with E-state index in [2.05, 4.69) is 4.90 Å². The average Bonchev–Trinajstić information content (AvgIpc) is 2.96. The topological polar surface area (TPSA) is 74.0 Å². The summed E-state index contributed by atoms with van der Waals surface area (Å²) < 4.78 is 6.01. The van der Waals surface area contributed by atoms with Crippen molar-refractivity contribution < 1.29 is 14.3 Å². The van der Waals surface area contributed by atoms with E-state index >= 15 is 0 Å². The number of benzene rings is 2. The molecule has 0 fully saturated rings. The Bertz CT molecular complexity index is 1200. The molecule has 1 amide bonds. The Morgan fingerprint density at radius 1 is 1.10 bits per heavy atom. The molecule has 30 heavy (non-hydrogen) atoms. The first-order valence-corrected chi connectivity index (χ1v) is 10.1. The lowest BCUT2D eigenvalue weighted by atomic mass is 9.97. The first-order valence-electron chi connectivity index (χ1n) is 10.1. The van der Waals surface area contributed by atoms with Crippen LogP contribution < -0.4 is 5.43 Å². The Morgan fingerprint density at radius 3 is 2.53 bits per heavy atom. The van der Waals surface area contributed by atoms with E-state index in [9.17, 15) is 14.7 Å². The van der Waals surface area contributed by atoms with Crippen LogP contribution in [0.4, 0.5) is 0 Å². The van der Waals surface area contributed by atoms with Gasteiger partial charge < -0.3 is 19.3 Å². The molecule has 2 aromatic carbocycles. The van der Waals surface area contributed by atoms with Crippen LogP contribution in [-0.4, -0.2) is 48.0 Å². The molecule has 1 aromatic heterocycles. The summed E-state index contributed by atoms with van der Waals surface area (Å²) in [5.74, 6) is -0.0819. The number of nitrogens with zero attached hydrogens (tertiary/aromatic N) is 2. The van der Waals surface area contributed by atoms with Crippen LogP contribution in [0.2, 0.25) is 0 Å². The molecule has 1 N–H and O–H groups in total. The van der Waals surface area contributed by atoms with Crippen molar-refractivity contribution in [2.75, 3.05) is 27.2 Å². The van der Waals surface area contributed by atoms with Crippen LogP contribution >= 0.6 is 0 Å². The zero-order valence-corrected chi connectivity index (χ0v) is 17.7. The third kappa shape index (κ3) is 3.37. The van der Waals surface area contributed by atoms with Crippen molar-refractivity contribution in [3.63, 3.8) is 0 Å². The lowest BCUT2D eigenvalue weighted by molar-refractivity contribution is 0.0722. The van der Waals surface area contributed by atoms with Gasteiger partial charge in [0.1, 0.15) is 11.3 Å². The highest BCUT2D eigenvalue weighted by molar-refractivity contribution is 5.99. The molecule has 1 atom stereocenters. The van der Waals surface area contributed by atoms with Crippen molar-refractivity contribution in [2.45, 2.75) is 26.3 Å². The number of phenols is 1. The number of hydrogen-bond acceptors (Lipinski definition) is 5. The summed E-state index contributed by atoms with van der Waals surface area (Å²) in [6, 6.07) is 9.80. The highest BCUT2D eigenvalue weighted by Gasteiger charge is 2.42. The van der Waals surface area contributed by atoms with E-state index in [1.807, 2.05) is 46.1 Å². The summed E-state index contributed by atoms with van der Waals surface area (Å²) in [6.07, 6.45) is 0.758. The molecule has 1 aliphatic heterocycles. The molecule has 1 unspecified atom stereocenters. The van der Waals surface area contributed by atoms with E-state index < -0.39 is 6.04 Å². The molecule has 0 radical (unpaired) electrons. The van der Waals surface area contributed by atoms with Crippen LogP contribution in [0.1, 0.15) is 45.3 Å². The molecule has 0 saturated carbocycles. The molecular formula is C24H26N2O4. The van der Waals surface area contributed by atoms with Gasteiger partial charge in [-0.3, -0.25) is 9.59 Å². The lowest BCUT2D eigenvalue weighted by Crippen LogP contribution is -2.32. The number of aryl methyl sites for hydroxylation is 2. The van der Waals surface area contributed by atoms with Gasteiger partial charge in [0, 0.05) is 6.54 Å². The Morgan fingerprint density at radius 2 is 1.83 bits per heavy atom. The van der Waals surface area contributed by atoms with Crippen molar-refractivity contribution in [1.82, 2.24) is 9.80 Å². The predicted molar refractivity (Wildman–Crippen MR) is 116 cm³/mol. The van der Waals surface area contributed by atoms with Crippen LogP contribution in [0.25, 0.3) is 11.0 Å². The van der Waals surface area contributed by atoms with Crippen molar-refractivity contribution in [3.05, 3.63) is 74.6 Å². The van der Waals surface area contributed by atoms with Gasteiger partial charge in [-0.1, -0.05) is 12.1 Å². The second-order valence-electron chi connectivity index (χ2n) is 8.26. The molecule has 6 heteroatoms. The Hall–Kier alpha value is -3.12. The van der Waals surface area contributed by atoms with Crippen molar-refractivity contribution in [2.24, 2.45) is 0 Å². The number of rotatable bonds is 5. The predicted octanol–water partition coefficient (Wildman–Crippen LogP) is 3.61. The maximum atomic E-state index is 13.5. The second-order valence-corrected chi connectivity index (χ2v) is 8.26. The van der Waals surface area contributed by atoms with Crippen LogP contribution in [0, 0.1) is 13.8 Å². The highest BCUT2D eigenvalue weighted by Crippen LogP contribution is 2.39. The average molecular weight is 406 g/mol. The van der Waals surface area contributed by atoms with Gasteiger partial charge in [-0.25, -0.2) is 0 Å². The SMILES string of the molecule is Cc1cc2oc3c(c(=O)c2cc1C)C(c1cccc(O)c1)N(CCCN(C)C)C3=O. The van der Waals surface area contributed by atoms with Gasteiger partial charge in [0.25, 0.3) is 5.91 Å². The van der Waals surface area contributed by atoms with E-state index in [0.29, 0.717) is 28.6 Å². The van der Waals surface area contributed by atoms with Crippen molar-refractivity contribution >= 4 is 16.9 Å². The number of amides is 1.